The molecule has 0 aromatic carbocycles. The lowest BCUT2D eigenvalue weighted by atomic mass is 10.1. The Kier molecular flexibility index (Phi) is 16.1. The summed E-state index contributed by atoms with van der Waals surface area (Å²) in [6, 6.07) is -4.97. The van der Waals surface area contributed by atoms with Crippen LogP contribution in [0, 0.1) is 0 Å². The van der Waals surface area contributed by atoms with Gasteiger partial charge in [0, 0.05) is 6.42 Å². The summed E-state index contributed by atoms with van der Waals surface area (Å²) in [4.78, 5) is 71.3. The molecule has 4 amide bonds. The fraction of sp³-hybridized carbons (Fsp3) is 0.700. The highest BCUT2D eigenvalue weighted by atomic mass is 32.2. The zero-order valence-corrected chi connectivity index (χ0v) is 20.5. The van der Waals surface area contributed by atoms with E-state index >= 15 is 0 Å². The van der Waals surface area contributed by atoms with Crippen LogP contribution in [0.3, 0.4) is 0 Å². The molecular weight excluding hydrogens is 484 g/mol. The molecule has 200 valence electrons. The minimum Gasteiger partial charge on any atom is -0.481 e. The first kappa shape index (κ1) is 32.1. The number of nitrogens with one attached hydrogen (secondary N) is 3. The lowest BCUT2D eigenvalue weighted by Gasteiger charge is -2.25. The first-order valence-electron chi connectivity index (χ1n) is 11.0. The predicted octanol–water partition coefficient (Wildman–Crippen LogP) is -2.52. The molecular formula is C20H36N6O8S. The Morgan fingerprint density at radius 2 is 1.37 bits per heavy atom. The van der Waals surface area contributed by atoms with Crippen molar-refractivity contribution in [3.05, 3.63) is 0 Å². The summed E-state index contributed by atoms with van der Waals surface area (Å²) < 4.78 is 0. The molecule has 0 spiro atoms. The number of thioether (sulfide) groups is 1. The molecule has 11 N–H and O–H groups in total. The fourth-order valence-corrected chi connectivity index (χ4v) is 3.37. The minimum atomic E-state index is -1.58. The SMILES string of the molecule is CSCCC(NC(=O)C(N)CCC(=O)O)C(=O)NC(CCCCN)C(=O)NC(CC(N)=O)C(=O)O. The largest absolute Gasteiger partial charge is 0.481 e. The average molecular weight is 521 g/mol. The predicted molar refractivity (Wildman–Crippen MR) is 128 cm³/mol. The highest BCUT2D eigenvalue weighted by Gasteiger charge is 2.30. The van der Waals surface area contributed by atoms with Gasteiger partial charge in [0.15, 0.2) is 0 Å². The average Bonchev–Trinajstić information content (AvgIpc) is 2.78. The quantitative estimate of drug-likeness (QED) is 0.0824. The van der Waals surface area contributed by atoms with E-state index in [2.05, 4.69) is 16.0 Å². The van der Waals surface area contributed by atoms with Crippen LogP contribution in [0.15, 0.2) is 0 Å². The van der Waals surface area contributed by atoms with Crippen LogP contribution in [0.25, 0.3) is 0 Å². The number of nitrogens with two attached hydrogens (primary N) is 3. The van der Waals surface area contributed by atoms with Crippen LogP contribution < -0.4 is 33.2 Å². The van der Waals surface area contributed by atoms with E-state index in [0.29, 0.717) is 25.1 Å². The van der Waals surface area contributed by atoms with E-state index in [-0.39, 0.29) is 25.7 Å². The molecule has 0 aromatic rings. The van der Waals surface area contributed by atoms with Crippen LogP contribution in [0.2, 0.25) is 0 Å². The summed E-state index contributed by atoms with van der Waals surface area (Å²) in [6.45, 7) is 0.336. The van der Waals surface area contributed by atoms with Crippen molar-refractivity contribution in [3.63, 3.8) is 0 Å². The highest BCUT2D eigenvalue weighted by Crippen LogP contribution is 2.07. The molecule has 0 rings (SSSR count). The van der Waals surface area contributed by atoms with Gasteiger partial charge in [-0.15, -0.1) is 0 Å². The van der Waals surface area contributed by atoms with Crippen LogP contribution in [0.5, 0.6) is 0 Å². The van der Waals surface area contributed by atoms with E-state index in [0.717, 1.165) is 0 Å². The van der Waals surface area contributed by atoms with Gasteiger partial charge < -0.3 is 43.4 Å². The van der Waals surface area contributed by atoms with Gasteiger partial charge in [-0.25, -0.2) is 4.79 Å². The second kappa shape index (κ2) is 17.5. The van der Waals surface area contributed by atoms with E-state index in [4.69, 9.17) is 22.3 Å². The molecule has 0 radical (unpaired) electrons. The van der Waals surface area contributed by atoms with Crippen molar-refractivity contribution >= 4 is 47.3 Å². The van der Waals surface area contributed by atoms with Gasteiger partial charge in [-0.2, -0.15) is 11.8 Å². The van der Waals surface area contributed by atoms with Gasteiger partial charge in [0.2, 0.25) is 23.6 Å². The number of primary amides is 1. The van der Waals surface area contributed by atoms with E-state index in [9.17, 15) is 33.9 Å². The zero-order valence-electron chi connectivity index (χ0n) is 19.7. The molecule has 0 heterocycles. The van der Waals surface area contributed by atoms with Crippen molar-refractivity contribution in [3.8, 4) is 0 Å². The molecule has 0 aliphatic rings. The molecule has 0 saturated carbocycles. The number of rotatable bonds is 19. The summed E-state index contributed by atoms with van der Waals surface area (Å²) in [5.41, 5.74) is 16.2. The van der Waals surface area contributed by atoms with Crippen LogP contribution >= 0.6 is 11.8 Å². The molecule has 0 aliphatic heterocycles. The van der Waals surface area contributed by atoms with Crippen LogP contribution in [0.1, 0.15) is 44.9 Å². The van der Waals surface area contributed by atoms with Crippen molar-refractivity contribution in [2.45, 2.75) is 69.1 Å². The van der Waals surface area contributed by atoms with Gasteiger partial charge in [0.1, 0.15) is 18.1 Å². The Morgan fingerprint density at radius 1 is 0.829 bits per heavy atom. The second-order valence-corrected chi connectivity index (χ2v) is 8.78. The Hall–Kier alpha value is -2.91. The number of carboxylic acid groups (broad SMARTS) is 2. The molecule has 4 atom stereocenters. The van der Waals surface area contributed by atoms with Crippen LogP contribution in [-0.2, 0) is 28.8 Å². The molecule has 0 aliphatic carbocycles. The van der Waals surface area contributed by atoms with E-state index in [1.807, 2.05) is 0 Å². The maximum Gasteiger partial charge on any atom is 0.326 e. The third kappa shape index (κ3) is 14.2. The number of carbonyl (C=O) groups is 6. The third-order valence-electron chi connectivity index (χ3n) is 4.85. The van der Waals surface area contributed by atoms with Crippen LogP contribution in [-0.4, -0.2) is 88.5 Å². The van der Waals surface area contributed by atoms with Gasteiger partial charge in [0.05, 0.1) is 12.5 Å². The number of unbranched alkanes of at least 4 members (excludes halogenated alkanes) is 1. The molecule has 0 fully saturated rings. The van der Waals surface area contributed by atoms with E-state index in [1.165, 1.54) is 11.8 Å². The third-order valence-corrected chi connectivity index (χ3v) is 5.49. The summed E-state index contributed by atoms with van der Waals surface area (Å²) in [6.07, 6.45) is 2.00. The summed E-state index contributed by atoms with van der Waals surface area (Å²) >= 11 is 1.41. The Balaban J connectivity index is 5.47. The van der Waals surface area contributed by atoms with Crippen molar-refractivity contribution in [1.29, 1.82) is 0 Å². The van der Waals surface area contributed by atoms with Gasteiger partial charge >= 0.3 is 11.9 Å². The molecule has 0 saturated heterocycles. The van der Waals surface area contributed by atoms with Crippen molar-refractivity contribution in [1.82, 2.24) is 16.0 Å². The number of hydrogen-bond donors (Lipinski definition) is 8. The number of carbonyl (C=O) groups excluding carboxylic acids is 4. The standard InChI is InChI=1S/C20H36N6O8S/c1-35-9-7-13(24-17(30)11(22)5-6-16(28)29)19(32)25-12(4-2-3-8-21)18(31)26-14(20(33)34)10-15(23)27/h11-14H,2-10,21-22H2,1H3,(H2,23,27)(H,24,30)(H,25,32)(H,26,31)(H,28,29)(H,33,34). The Morgan fingerprint density at radius 3 is 1.86 bits per heavy atom. The smallest absolute Gasteiger partial charge is 0.326 e. The monoisotopic (exact) mass is 520 g/mol. The summed E-state index contributed by atoms with van der Waals surface area (Å²) in [7, 11) is 0. The summed E-state index contributed by atoms with van der Waals surface area (Å²) in [5, 5.41) is 25.2. The second-order valence-electron chi connectivity index (χ2n) is 7.80. The number of aliphatic carboxylic acids is 2. The van der Waals surface area contributed by atoms with Gasteiger partial charge in [-0.3, -0.25) is 24.0 Å². The van der Waals surface area contributed by atoms with Gasteiger partial charge in [0.25, 0.3) is 0 Å². The molecule has 15 heteroatoms. The maximum absolute atomic E-state index is 13.0. The first-order valence-corrected chi connectivity index (χ1v) is 12.4. The molecule has 35 heavy (non-hydrogen) atoms. The van der Waals surface area contributed by atoms with Gasteiger partial charge in [-0.1, -0.05) is 0 Å². The number of hydrogen-bond acceptors (Lipinski definition) is 9. The van der Waals surface area contributed by atoms with Crippen molar-refractivity contribution < 1.29 is 39.0 Å². The van der Waals surface area contributed by atoms with Crippen molar-refractivity contribution in [2.24, 2.45) is 17.2 Å². The fourth-order valence-electron chi connectivity index (χ4n) is 2.90. The van der Waals surface area contributed by atoms with Crippen LogP contribution in [0.4, 0.5) is 0 Å². The van der Waals surface area contributed by atoms with E-state index < -0.39 is 66.2 Å². The lowest BCUT2D eigenvalue weighted by Crippen LogP contribution is -2.57. The number of carboxylic acids is 2. The molecule has 0 bridgehead atoms. The van der Waals surface area contributed by atoms with E-state index in [1.54, 1.807) is 6.26 Å². The zero-order chi connectivity index (χ0) is 27.0. The topological polar surface area (TPSA) is 257 Å². The summed E-state index contributed by atoms with van der Waals surface area (Å²) in [5.74, 6) is -5.29. The lowest BCUT2D eigenvalue weighted by molar-refractivity contribution is -0.144. The molecule has 14 nitrogen and oxygen atoms in total. The Labute approximate surface area is 207 Å². The maximum atomic E-state index is 13.0. The van der Waals surface area contributed by atoms with Crippen molar-refractivity contribution in [2.75, 3.05) is 18.6 Å². The number of amides is 4. The molecule has 4 unspecified atom stereocenters. The normalized spacial score (nSPS) is 14.1. The first-order chi connectivity index (χ1) is 16.4. The molecule has 0 aromatic heterocycles. The minimum absolute atomic E-state index is 0.124. The highest BCUT2D eigenvalue weighted by molar-refractivity contribution is 7.98. The Bertz CT molecular complexity index is 753. The van der Waals surface area contributed by atoms with Gasteiger partial charge in [-0.05, 0) is 50.7 Å².